The van der Waals surface area contributed by atoms with Crippen molar-refractivity contribution in [3.8, 4) is 0 Å². The number of carbonyl (C=O) groups is 4. The van der Waals surface area contributed by atoms with Gasteiger partial charge in [0, 0.05) is 6.54 Å². The molecule has 2 aromatic carbocycles. The van der Waals surface area contributed by atoms with Gasteiger partial charge in [-0.15, -0.1) is 0 Å². The first-order valence-corrected chi connectivity index (χ1v) is 12.8. The van der Waals surface area contributed by atoms with Crippen LogP contribution in [0.4, 0.5) is 9.59 Å². The third-order valence-corrected chi connectivity index (χ3v) is 6.04. The number of benzene rings is 2. The van der Waals surface area contributed by atoms with Crippen LogP contribution in [0.1, 0.15) is 50.7 Å². The molecule has 2 rings (SSSR count). The average Bonchev–Trinajstić information content (AvgIpc) is 2.93. The van der Waals surface area contributed by atoms with Crippen LogP contribution in [0.25, 0.3) is 0 Å². The Bertz CT molecular complexity index is 1020. The molecule has 10 heteroatoms. The van der Waals surface area contributed by atoms with Crippen LogP contribution in [0.3, 0.4) is 0 Å². The number of unbranched alkanes of at least 4 members (excludes halogenated alkanes) is 1. The molecule has 3 atom stereocenters. The van der Waals surface area contributed by atoms with Crippen LogP contribution in [0, 0.1) is 5.92 Å². The molecule has 2 aromatic rings. The lowest BCUT2D eigenvalue weighted by molar-refractivity contribution is -0.129. The number of ether oxygens (including phenoxy) is 2. The highest BCUT2D eigenvalue weighted by Gasteiger charge is 2.28. The zero-order chi connectivity index (χ0) is 27.8. The standard InChI is InChI=1S/C28H38N4O6/c1-3-20(2)24(25(29)33)32-26(34)23(31-28(36)38-19-22-14-8-5-9-15-22)16-10-11-17-30-27(35)37-18-21-12-6-4-7-13-21/h4-9,12-15,20,23-24H,3,10-11,16-19H2,1-2H3,(H2,29,33)(H,30,35)(H,31,36)(H,32,34)/t20-,23-,24-/m0/s1. The second kappa shape index (κ2) is 16.6. The van der Waals surface area contributed by atoms with Gasteiger partial charge in [-0.05, 0) is 36.3 Å². The second-order valence-electron chi connectivity index (χ2n) is 9.02. The third kappa shape index (κ3) is 11.3. The molecule has 0 unspecified atom stereocenters. The molecule has 0 bridgehead atoms. The number of nitrogens with two attached hydrogens (primary N) is 1. The van der Waals surface area contributed by atoms with Crippen molar-refractivity contribution in [2.75, 3.05) is 6.54 Å². The lowest BCUT2D eigenvalue weighted by Gasteiger charge is -2.25. The maximum absolute atomic E-state index is 13.0. The van der Waals surface area contributed by atoms with Crippen LogP contribution in [0.5, 0.6) is 0 Å². The molecule has 0 radical (unpaired) electrons. The Morgan fingerprint density at radius 2 is 1.37 bits per heavy atom. The van der Waals surface area contributed by atoms with E-state index in [1.807, 2.05) is 74.5 Å². The number of nitrogens with one attached hydrogen (secondary N) is 3. The van der Waals surface area contributed by atoms with Gasteiger partial charge in [0.2, 0.25) is 11.8 Å². The summed E-state index contributed by atoms with van der Waals surface area (Å²) in [4.78, 5) is 49.2. The maximum Gasteiger partial charge on any atom is 0.408 e. The summed E-state index contributed by atoms with van der Waals surface area (Å²) in [6, 6.07) is 16.7. The van der Waals surface area contributed by atoms with Crippen LogP contribution >= 0.6 is 0 Å². The molecule has 5 N–H and O–H groups in total. The van der Waals surface area contributed by atoms with E-state index in [0.29, 0.717) is 25.8 Å². The van der Waals surface area contributed by atoms with Gasteiger partial charge in [-0.1, -0.05) is 80.9 Å². The summed E-state index contributed by atoms with van der Waals surface area (Å²) in [5.74, 6) is -1.34. The van der Waals surface area contributed by atoms with Crippen LogP contribution in [-0.4, -0.2) is 42.6 Å². The Morgan fingerprint density at radius 3 is 1.89 bits per heavy atom. The summed E-state index contributed by atoms with van der Waals surface area (Å²) in [5.41, 5.74) is 7.17. The summed E-state index contributed by atoms with van der Waals surface area (Å²) in [6.45, 7) is 4.25. The Hall–Kier alpha value is -4.08. The predicted molar refractivity (Wildman–Crippen MR) is 143 cm³/mol. The van der Waals surface area contributed by atoms with Gasteiger partial charge < -0.3 is 31.2 Å². The van der Waals surface area contributed by atoms with Gasteiger partial charge >= 0.3 is 12.2 Å². The Kier molecular flexibility index (Phi) is 13.2. The van der Waals surface area contributed by atoms with Crippen molar-refractivity contribution in [3.05, 3.63) is 71.8 Å². The van der Waals surface area contributed by atoms with E-state index < -0.39 is 36.1 Å². The summed E-state index contributed by atoms with van der Waals surface area (Å²) < 4.78 is 10.4. The average molecular weight is 527 g/mol. The van der Waals surface area contributed by atoms with Crippen molar-refractivity contribution >= 4 is 24.0 Å². The van der Waals surface area contributed by atoms with E-state index in [1.54, 1.807) is 0 Å². The molecule has 0 aliphatic carbocycles. The molecular formula is C28H38N4O6. The molecule has 4 amide bonds. The van der Waals surface area contributed by atoms with E-state index in [4.69, 9.17) is 15.2 Å². The number of carbonyl (C=O) groups excluding carboxylic acids is 4. The van der Waals surface area contributed by atoms with Gasteiger partial charge in [0.15, 0.2) is 0 Å². The van der Waals surface area contributed by atoms with Gasteiger partial charge in [0.05, 0.1) is 0 Å². The van der Waals surface area contributed by atoms with Crippen molar-refractivity contribution in [2.45, 2.75) is 64.8 Å². The molecule has 38 heavy (non-hydrogen) atoms. The van der Waals surface area contributed by atoms with E-state index in [-0.39, 0.29) is 25.6 Å². The van der Waals surface area contributed by atoms with Gasteiger partial charge in [0.25, 0.3) is 0 Å². The number of alkyl carbamates (subject to hydrolysis) is 2. The van der Waals surface area contributed by atoms with Crippen molar-refractivity contribution in [3.63, 3.8) is 0 Å². The van der Waals surface area contributed by atoms with Crippen molar-refractivity contribution in [1.29, 1.82) is 0 Å². The van der Waals surface area contributed by atoms with E-state index in [0.717, 1.165) is 11.1 Å². The number of hydrogen-bond donors (Lipinski definition) is 4. The molecule has 0 saturated heterocycles. The maximum atomic E-state index is 13.0. The van der Waals surface area contributed by atoms with Crippen molar-refractivity contribution in [2.24, 2.45) is 11.7 Å². The summed E-state index contributed by atoms with van der Waals surface area (Å²) in [5, 5.41) is 7.92. The fourth-order valence-corrected chi connectivity index (χ4v) is 3.60. The summed E-state index contributed by atoms with van der Waals surface area (Å²) in [6.07, 6.45) is 0.645. The van der Waals surface area contributed by atoms with Gasteiger partial charge in [-0.3, -0.25) is 9.59 Å². The van der Waals surface area contributed by atoms with Gasteiger partial charge in [0.1, 0.15) is 25.3 Å². The van der Waals surface area contributed by atoms with Crippen LogP contribution in [0.2, 0.25) is 0 Å². The normalized spacial score (nSPS) is 12.9. The second-order valence-corrected chi connectivity index (χ2v) is 9.02. The minimum atomic E-state index is -0.950. The topological polar surface area (TPSA) is 149 Å². The molecular weight excluding hydrogens is 488 g/mol. The molecule has 0 aromatic heterocycles. The van der Waals surface area contributed by atoms with E-state index in [2.05, 4.69) is 16.0 Å². The molecule has 206 valence electrons. The smallest absolute Gasteiger partial charge is 0.408 e. The number of amides is 4. The van der Waals surface area contributed by atoms with E-state index >= 15 is 0 Å². The molecule has 0 spiro atoms. The van der Waals surface area contributed by atoms with Crippen molar-refractivity contribution in [1.82, 2.24) is 16.0 Å². The van der Waals surface area contributed by atoms with Gasteiger partial charge in [-0.25, -0.2) is 9.59 Å². The highest BCUT2D eigenvalue weighted by atomic mass is 16.6. The van der Waals surface area contributed by atoms with E-state index in [9.17, 15) is 19.2 Å². The zero-order valence-electron chi connectivity index (χ0n) is 22.0. The molecule has 0 aliphatic heterocycles. The SMILES string of the molecule is CC[C@H](C)[C@H](NC(=O)[C@H](CCCCNC(=O)OCc1ccccc1)NC(=O)OCc1ccccc1)C(N)=O. The number of rotatable bonds is 15. The summed E-state index contributed by atoms with van der Waals surface area (Å²) >= 11 is 0. The lowest BCUT2D eigenvalue weighted by Crippen LogP contribution is -2.55. The minimum absolute atomic E-state index is 0.0484. The fraction of sp³-hybridized carbons (Fsp3) is 0.429. The minimum Gasteiger partial charge on any atom is -0.445 e. The van der Waals surface area contributed by atoms with Crippen LogP contribution < -0.4 is 21.7 Å². The van der Waals surface area contributed by atoms with Crippen LogP contribution in [0.15, 0.2) is 60.7 Å². The number of hydrogen-bond acceptors (Lipinski definition) is 6. The highest BCUT2D eigenvalue weighted by molar-refractivity contribution is 5.90. The Labute approximate surface area is 223 Å². The third-order valence-electron chi connectivity index (χ3n) is 6.04. The molecule has 10 nitrogen and oxygen atoms in total. The summed E-state index contributed by atoms with van der Waals surface area (Å²) in [7, 11) is 0. The van der Waals surface area contributed by atoms with E-state index in [1.165, 1.54) is 0 Å². The predicted octanol–water partition coefficient (Wildman–Crippen LogP) is 3.39. The number of primary amides is 1. The quantitative estimate of drug-likeness (QED) is 0.261. The Morgan fingerprint density at radius 1 is 0.816 bits per heavy atom. The molecule has 0 fully saturated rings. The van der Waals surface area contributed by atoms with Gasteiger partial charge in [-0.2, -0.15) is 0 Å². The zero-order valence-corrected chi connectivity index (χ0v) is 22.0. The fourth-order valence-electron chi connectivity index (χ4n) is 3.60. The highest BCUT2D eigenvalue weighted by Crippen LogP contribution is 2.10. The Balaban J connectivity index is 1.85. The first kappa shape index (κ1) is 30.1. The lowest BCUT2D eigenvalue weighted by atomic mass is 9.98. The van der Waals surface area contributed by atoms with Crippen molar-refractivity contribution < 1.29 is 28.7 Å². The largest absolute Gasteiger partial charge is 0.445 e. The first-order valence-electron chi connectivity index (χ1n) is 12.8. The van der Waals surface area contributed by atoms with Crippen LogP contribution in [-0.2, 0) is 32.3 Å². The first-order chi connectivity index (χ1) is 18.3. The molecule has 0 heterocycles. The monoisotopic (exact) mass is 526 g/mol. The molecule has 0 saturated carbocycles. The molecule has 0 aliphatic rings.